The first-order valence-electron chi connectivity index (χ1n) is 8.66. The Morgan fingerprint density at radius 1 is 0.926 bits per heavy atom. The van der Waals surface area contributed by atoms with Crippen LogP contribution in [0.2, 0.25) is 0 Å². The van der Waals surface area contributed by atoms with E-state index in [1.54, 1.807) is 4.68 Å². The molecule has 0 fully saturated rings. The van der Waals surface area contributed by atoms with Crippen molar-refractivity contribution in [3.63, 3.8) is 0 Å². The summed E-state index contributed by atoms with van der Waals surface area (Å²) in [6, 6.07) is 19.5. The van der Waals surface area contributed by atoms with Crippen molar-refractivity contribution in [2.24, 2.45) is 0 Å². The standard InChI is InChI=1S/C19H19N7O/c27-13-15-12-14-6-4-5-9-17(14)22-18(15)20-10-11-21-19-23-24-25-26(19)16-7-2-1-3-8-16/h1-9,12,27H,10-11,13H2,(H,20,22)(H,21,23,25). The Hall–Kier alpha value is -3.52. The van der Waals surface area contributed by atoms with Crippen LogP contribution in [-0.4, -0.2) is 43.4 Å². The smallest absolute Gasteiger partial charge is 0.247 e. The van der Waals surface area contributed by atoms with Gasteiger partial charge >= 0.3 is 0 Å². The Balaban J connectivity index is 1.41. The van der Waals surface area contributed by atoms with Gasteiger partial charge in [-0.15, -0.1) is 0 Å². The van der Waals surface area contributed by atoms with Crippen LogP contribution < -0.4 is 10.6 Å². The van der Waals surface area contributed by atoms with Gasteiger partial charge in [0.25, 0.3) is 0 Å². The first-order valence-corrected chi connectivity index (χ1v) is 8.66. The van der Waals surface area contributed by atoms with Gasteiger partial charge in [-0.1, -0.05) is 41.5 Å². The fourth-order valence-electron chi connectivity index (χ4n) is 2.83. The normalized spacial score (nSPS) is 10.9. The van der Waals surface area contributed by atoms with Gasteiger partial charge in [-0.05, 0) is 34.7 Å². The number of anilines is 2. The van der Waals surface area contributed by atoms with Crippen molar-refractivity contribution < 1.29 is 5.11 Å². The predicted octanol–water partition coefficient (Wildman–Crippen LogP) is 2.23. The predicted molar refractivity (Wildman–Crippen MR) is 104 cm³/mol. The maximum absolute atomic E-state index is 9.62. The Morgan fingerprint density at radius 3 is 2.56 bits per heavy atom. The molecule has 2 aromatic carbocycles. The number of aliphatic hydroxyl groups excluding tert-OH is 1. The van der Waals surface area contributed by atoms with E-state index in [1.165, 1.54) is 0 Å². The van der Waals surface area contributed by atoms with Gasteiger partial charge in [0.05, 0.1) is 17.8 Å². The van der Waals surface area contributed by atoms with Crippen LogP contribution in [0.5, 0.6) is 0 Å². The molecule has 8 nitrogen and oxygen atoms in total. The molecule has 0 unspecified atom stereocenters. The van der Waals surface area contributed by atoms with Crippen LogP contribution >= 0.6 is 0 Å². The zero-order chi connectivity index (χ0) is 18.5. The first kappa shape index (κ1) is 16.9. The molecule has 0 bridgehead atoms. The lowest BCUT2D eigenvalue weighted by Gasteiger charge is -2.12. The Morgan fingerprint density at radius 2 is 1.70 bits per heavy atom. The molecule has 4 rings (SSSR count). The number of nitrogens with zero attached hydrogens (tertiary/aromatic N) is 5. The van der Waals surface area contributed by atoms with E-state index in [0.29, 0.717) is 24.9 Å². The molecule has 0 aliphatic rings. The van der Waals surface area contributed by atoms with E-state index in [2.05, 4.69) is 31.1 Å². The number of hydrogen-bond acceptors (Lipinski definition) is 7. The molecule has 136 valence electrons. The summed E-state index contributed by atoms with van der Waals surface area (Å²) in [6.45, 7) is 1.12. The van der Waals surface area contributed by atoms with Gasteiger partial charge in [0, 0.05) is 24.0 Å². The summed E-state index contributed by atoms with van der Waals surface area (Å²) in [7, 11) is 0. The van der Waals surface area contributed by atoms with E-state index in [-0.39, 0.29) is 6.61 Å². The summed E-state index contributed by atoms with van der Waals surface area (Å²) in [5.74, 6) is 1.25. The summed E-state index contributed by atoms with van der Waals surface area (Å²) in [5, 5.41) is 28.9. The first-order chi connectivity index (χ1) is 13.3. The minimum absolute atomic E-state index is 0.0696. The third kappa shape index (κ3) is 3.70. The molecule has 0 saturated carbocycles. The number of fused-ring (bicyclic) bond motifs is 1. The largest absolute Gasteiger partial charge is 0.392 e. The number of aliphatic hydroxyl groups is 1. The van der Waals surface area contributed by atoms with Gasteiger partial charge in [-0.3, -0.25) is 0 Å². The summed E-state index contributed by atoms with van der Waals surface area (Å²) < 4.78 is 1.65. The van der Waals surface area contributed by atoms with Gasteiger partial charge < -0.3 is 15.7 Å². The monoisotopic (exact) mass is 361 g/mol. The molecule has 0 saturated heterocycles. The van der Waals surface area contributed by atoms with E-state index in [9.17, 15) is 5.11 Å². The summed E-state index contributed by atoms with van der Waals surface area (Å²) in [5.41, 5.74) is 2.54. The lowest BCUT2D eigenvalue weighted by molar-refractivity contribution is 0.282. The molecule has 2 aromatic heterocycles. The van der Waals surface area contributed by atoms with Crippen molar-refractivity contribution in [1.29, 1.82) is 0 Å². The van der Waals surface area contributed by atoms with Crippen molar-refractivity contribution >= 4 is 22.7 Å². The van der Waals surface area contributed by atoms with Crippen molar-refractivity contribution in [3.05, 3.63) is 66.2 Å². The lowest BCUT2D eigenvalue weighted by Crippen LogP contribution is -2.17. The topological polar surface area (TPSA) is 101 Å². The van der Waals surface area contributed by atoms with E-state index in [4.69, 9.17) is 0 Å². The highest BCUT2D eigenvalue weighted by Crippen LogP contribution is 2.20. The molecule has 0 amide bonds. The van der Waals surface area contributed by atoms with Crippen LogP contribution in [0.1, 0.15) is 5.56 Å². The van der Waals surface area contributed by atoms with Crippen LogP contribution in [0.25, 0.3) is 16.6 Å². The molecule has 0 aliphatic heterocycles. The average Bonchev–Trinajstić information content (AvgIpc) is 3.19. The summed E-state index contributed by atoms with van der Waals surface area (Å²) >= 11 is 0. The quantitative estimate of drug-likeness (QED) is 0.434. The number of benzene rings is 2. The highest BCUT2D eigenvalue weighted by molar-refractivity contribution is 5.81. The van der Waals surface area contributed by atoms with Gasteiger partial charge in [0.2, 0.25) is 5.95 Å². The molecular formula is C19H19N7O. The zero-order valence-electron chi connectivity index (χ0n) is 14.6. The second kappa shape index (κ2) is 7.79. The molecule has 27 heavy (non-hydrogen) atoms. The summed E-state index contributed by atoms with van der Waals surface area (Å²) in [4.78, 5) is 4.60. The number of para-hydroxylation sites is 2. The molecule has 0 atom stereocenters. The van der Waals surface area contributed by atoms with Crippen LogP contribution in [0.4, 0.5) is 11.8 Å². The number of nitrogens with one attached hydrogen (secondary N) is 2. The number of hydrogen-bond donors (Lipinski definition) is 3. The average molecular weight is 361 g/mol. The molecule has 3 N–H and O–H groups in total. The van der Waals surface area contributed by atoms with Crippen molar-refractivity contribution in [2.75, 3.05) is 23.7 Å². The van der Waals surface area contributed by atoms with Gasteiger partial charge in [0.15, 0.2) is 0 Å². The molecule has 4 aromatic rings. The highest BCUT2D eigenvalue weighted by Gasteiger charge is 2.08. The molecule has 0 aliphatic carbocycles. The Labute approximate surface area is 155 Å². The number of aromatic nitrogens is 5. The SMILES string of the molecule is OCc1cc2ccccc2nc1NCCNc1nnnn1-c1ccccc1. The van der Waals surface area contributed by atoms with Crippen LogP contribution in [0.3, 0.4) is 0 Å². The zero-order valence-corrected chi connectivity index (χ0v) is 14.6. The van der Waals surface area contributed by atoms with Crippen molar-refractivity contribution in [3.8, 4) is 5.69 Å². The van der Waals surface area contributed by atoms with Gasteiger partial charge in [0.1, 0.15) is 5.82 Å². The lowest BCUT2D eigenvalue weighted by atomic mass is 10.1. The van der Waals surface area contributed by atoms with Crippen LogP contribution in [0.15, 0.2) is 60.7 Å². The second-order valence-electron chi connectivity index (χ2n) is 5.95. The second-order valence-corrected chi connectivity index (χ2v) is 5.95. The maximum Gasteiger partial charge on any atom is 0.247 e. The van der Waals surface area contributed by atoms with Gasteiger partial charge in [-0.2, -0.15) is 4.68 Å². The van der Waals surface area contributed by atoms with Crippen LogP contribution in [-0.2, 0) is 6.61 Å². The third-order valence-corrected chi connectivity index (χ3v) is 4.14. The van der Waals surface area contributed by atoms with Crippen molar-refractivity contribution in [1.82, 2.24) is 25.2 Å². The van der Waals surface area contributed by atoms with E-state index >= 15 is 0 Å². The number of tetrazole rings is 1. The highest BCUT2D eigenvalue weighted by atomic mass is 16.3. The van der Waals surface area contributed by atoms with E-state index in [0.717, 1.165) is 22.2 Å². The molecular weight excluding hydrogens is 342 g/mol. The summed E-state index contributed by atoms with van der Waals surface area (Å²) in [6.07, 6.45) is 0. The van der Waals surface area contributed by atoms with E-state index in [1.807, 2.05) is 60.7 Å². The third-order valence-electron chi connectivity index (χ3n) is 4.14. The molecule has 0 radical (unpaired) electrons. The van der Waals surface area contributed by atoms with Crippen molar-refractivity contribution in [2.45, 2.75) is 6.61 Å². The van der Waals surface area contributed by atoms with Gasteiger partial charge in [-0.25, -0.2) is 4.98 Å². The number of rotatable bonds is 7. The molecule has 8 heteroatoms. The molecule has 0 spiro atoms. The number of pyridine rings is 1. The minimum Gasteiger partial charge on any atom is -0.392 e. The van der Waals surface area contributed by atoms with Crippen LogP contribution in [0, 0.1) is 0 Å². The Bertz CT molecular complexity index is 1030. The fraction of sp³-hybridized carbons (Fsp3) is 0.158. The maximum atomic E-state index is 9.62. The Kier molecular flexibility index (Phi) is 4.88. The fourth-order valence-corrected chi connectivity index (χ4v) is 2.83. The molecule has 2 heterocycles. The minimum atomic E-state index is -0.0696. The van der Waals surface area contributed by atoms with E-state index < -0.39 is 0 Å².